The smallest absolute Gasteiger partial charge is 0.303 e. The van der Waals surface area contributed by atoms with Gasteiger partial charge >= 0.3 is 5.97 Å². The average Bonchev–Trinajstić information content (AvgIpc) is 3.58. The molecule has 0 saturated heterocycles. The molecule has 0 fully saturated rings. The summed E-state index contributed by atoms with van der Waals surface area (Å²) < 4.78 is 11.9. The topological polar surface area (TPSA) is 115 Å². The first kappa shape index (κ1) is 30.0. The van der Waals surface area contributed by atoms with Crippen LogP contribution in [0.3, 0.4) is 0 Å². The molecule has 0 aliphatic carbocycles. The lowest BCUT2D eigenvalue weighted by molar-refractivity contribution is -0.136. The number of halogens is 1. The van der Waals surface area contributed by atoms with E-state index in [1.807, 2.05) is 67.6 Å². The molecule has 2 aromatic heterocycles. The van der Waals surface area contributed by atoms with Gasteiger partial charge in [-0.1, -0.05) is 48.0 Å². The van der Waals surface area contributed by atoms with E-state index >= 15 is 0 Å². The number of carboxylic acid groups (broad SMARTS) is 1. The molecule has 1 amide bonds. The van der Waals surface area contributed by atoms with E-state index in [0.29, 0.717) is 46.7 Å². The number of aliphatic carboxylic acids is 1. The first-order chi connectivity index (χ1) is 20.8. The van der Waals surface area contributed by atoms with Crippen LogP contribution in [0.2, 0.25) is 5.02 Å². The molecule has 0 unspecified atom stereocenters. The highest BCUT2D eigenvalue weighted by Gasteiger charge is 2.18. The number of rotatable bonds is 12. The van der Waals surface area contributed by atoms with Gasteiger partial charge in [0.2, 0.25) is 5.89 Å². The maximum atomic E-state index is 13.2. The number of hydrogen-bond donors (Lipinski definition) is 2. The number of carbonyl (C=O) groups is 2. The van der Waals surface area contributed by atoms with E-state index in [1.54, 1.807) is 19.1 Å². The summed E-state index contributed by atoms with van der Waals surface area (Å²) in [5.41, 5.74) is 4.87. The molecule has 10 heteroatoms. The fourth-order valence-electron chi connectivity index (χ4n) is 4.55. The molecule has 0 aliphatic heterocycles. The predicted octanol–water partition coefficient (Wildman–Crippen LogP) is 7.30. The molecule has 2 N–H and O–H groups in total. The van der Waals surface area contributed by atoms with Crippen molar-refractivity contribution in [3.8, 4) is 27.8 Å². The quantitative estimate of drug-likeness (QED) is 0.151. The molecule has 5 aromatic rings. The van der Waals surface area contributed by atoms with Crippen LogP contribution < -0.4 is 10.1 Å². The number of oxazole rings is 1. The Hall–Kier alpha value is -4.47. The number of nitrogens with one attached hydrogen (secondary N) is 1. The Morgan fingerprint density at radius 1 is 0.953 bits per heavy atom. The zero-order valence-electron chi connectivity index (χ0n) is 23.7. The second kappa shape index (κ2) is 13.7. The molecule has 0 bridgehead atoms. The van der Waals surface area contributed by atoms with Gasteiger partial charge in [0.15, 0.2) is 0 Å². The lowest BCUT2D eigenvalue weighted by atomic mass is 10.0. The highest BCUT2D eigenvalue weighted by Crippen LogP contribution is 2.29. The molecular formula is C33H30ClN3O5S. The molecule has 0 atom stereocenters. The van der Waals surface area contributed by atoms with Crippen LogP contribution in [0.5, 0.6) is 5.75 Å². The van der Waals surface area contributed by atoms with Gasteiger partial charge < -0.3 is 19.6 Å². The van der Waals surface area contributed by atoms with Gasteiger partial charge in [-0.2, -0.15) is 0 Å². The minimum absolute atomic E-state index is 0.0191. The molecule has 0 saturated carbocycles. The van der Waals surface area contributed by atoms with E-state index in [0.717, 1.165) is 38.7 Å². The van der Waals surface area contributed by atoms with Gasteiger partial charge in [0.1, 0.15) is 21.4 Å². The highest BCUT2D eigenvalue weighted by atomic mass is 35.5. The molecule has 220 valence electrons. The molecule has 2 heterocycles. The van der Waals surface area contributed by atoms with E-state index in [9.17, 15) is 14.7 Å². The minimum Gasteiger partial charge on any atom is -0.493 e. The Morgan fingerprint density at radius 3 is 2.47 bits per heavy atom. The van der Waals surface area contributed by atoms with Crippen LogP contribution >= 0.6 is 22.9 Å². The van der Waals surface area contributed by atoms with E-state index in [1.165, 1.54) is 11.3 Å². The summed E-state index contributed by atoms with van der Waals surface area (Å²) in [6, 6.07) is 22.6. The minimum atomic E-state index is -0.886. The van der Waals surface area contributed by atoms with Gasteiger partial charge in [-0.15, -0.1) is 11.3 Å². The third-order valence-electron chi connectivity index (χ3n) is 6.84. The maximum absolute atomic E-state index is 13.2. The average molecular weight is 616 g/mol. The third kappa shape index (κ3) is 7.68. The van der Waals surface area contributed by atoms with Gasteiger partial charge in [-0.3, -0.25) is 9.59 Å². The predicted molar refractivity (Wildman–Crippen MR) is 167 cm³/mol. The number of amides is 1. The van der Waals surface area contributed by atoms with Crippen molar-refractivity contribution in [3.63, 3.8) is 0 Å². The van der Waals surface area contributed by atoms with Gasteiger partial charge in [-0.25, -0.2) is 9.97 Å². The Kier molecular flexibility index (Phi) is 9.54. The summed E-state index contributed by atoms with van der Waals surface area (Å²) in [5, 5.41) is 13.6. The van der Waals surface area contributed by atoms with Gasteiger partial charge in [0, 0.05) is 35.5 Å². The number of thiazole rings is 1. The van der Waals surface area contributed by atoms with Crippen molar-refractivity contribution in [2.75, 3.05) is 6.61 Å². The van der Waals surface area contributed by atoms with E-state index in [4.69, 9.17) is 20.8 Å². The number of ether oxygens (including phenoxy) is 1. The van der Waals surface area contributed by atoms with Crippen LogP contribution in [0.4, 0.5) is 0 Å². The van der Waals surface area contributed by atoms with Crippen molar-refractivity contribution in [3.05, 3.63) is 111 Å². The number of carboxylic acids is 1. The molecule has 5 rings (SSSR count). The normalized spacial score (nSPS) is 11.0. The van der Waals surface area contributed by atoms with Gasteiger partial charge in [-0.05, 0) is 67.8 Å². The number of benzene rings is 3. The van der Waals surface area contributed by atoms with E-state index in [2.05, 4.69) is 15.3 Å². The molecule has 0 aliphatic rings. The highest BCUT2D eigenvalue weighted by molar-refractivity contribution is 7.17. The molecular weight excluding hydrogens is 586 g/mol. The van der Waals surface area contributed by atoms with Crippen molar-refractivity contribution >= 4 is 34.8 Å². The zero-order valence-corrected chi connectivity index (χ0v) is 25.3. The van der Waals surface area contributed by atoms with E-state index < -0.39 is 5.97 Å². The van der Waals surface area contributed by atoms with Gasteiger partial charge in [0.25, 0.3) is 5.91 Å². The second-order valence-corrected chi connectivity index (χ2v) is 11.4. The fraction of sp³-hybridized carbons (Fsp3) is 0.212. The van der Waals surface area contributed by atoms with Crippen LogP contribution in [0, 0.1) is 13.8 Å². The summed E-state index contributed by atoms with van der Waals surface area (Å²) in [6.07, 6.45) is 0.867. The lowest BCUT2D eigenvalue weighted by Crippen LogP contribution is -2.23. The zero-order chi connectivity index (χ0) is 30.3. The van der Waals surface area contributed by atoms with Crippen molar-refractivity contribution in [2.24, 2.45) is 0 Å². The monoisotopic (exact) mass is 615 g/mol. The second-order valence-electron chi connectivity index (χ2n) is 9.93. The first-order valence-corrected chi connectivity index (χ1v) is 15.0. The number of carbonyl (C=O) groups excluding carboxylic acids is 1. The van der Waals surface area contributed by atoms with Crippen LogP contribution in [0.15, 0.2) is 77.2 Å². The Labute approximate surface area is 258 Å². The van der Waals surface area contributed by atoms with Crippen LogP contribution in [0.25, 0.3) is 22.0 Å². The molecule has 0 spiro atoms. The molecule has 8 nitrogen and oxygen atoms in total. The summed E-state index contributed by atoms with van der Waals surface area (Å²) in [5.74, 6) is 0.800. The third-order valence-corrected chi connectivity index (χ3v) is 8.30. The summed E-state index contributed by atoms with van der Waals surface area (Å²) in [7, 11) is 0. The molecule has 0 radical (unpaired) electrons. The Balaban J connectivity index is 1.25. The largest absolute Gasteiger partial charge is 0.493 e. The molecule has 43 heavy (non-hydrogen) atoms. The van der Waals surface area contributed by atoms with Crippen molar-refractivity contribution in [2.45, 2.75) is 39.7 Å². The number of aromatic nitrogens is 2. The fourth-order valence-corrected chi connectivity index (χ4v) is 5.66. The summed E-state index contributed by atoms with van der Waals surface area (Å²) in [4.78, 5) is 34.1. The van der Waals surface area contributed by atoms with Crippen LogP contribution in [0.1, 0.15) is 44.4 Å². The van der Waals surface area contributed by atoms with Crippen LogP contribution in [-0.2, 0) is 24.2 Å². The Bertz CT molecular complexity index is 1730. The maximum Gasteiger partial charge on any atom is 0.303 e. The summed E-state index contributed by atoms with van der Waals surface area (Å²) in [6.45, 7) is 4.27. The van der Waals surface area contributed by atoms with Crippen molar-refractivity contribution in [1.82, 2.24) is 15.3 Å². The van der Waals surface area contributed by atoms with E-state index in [-0.39, 0.29) is 18.9 Å². The number of nitrogens with zero attached hydrogens (tertiary/aromatic N) is 2. The summed E-state index contributed by atoms with van der Waals surface area (Å²) >= 11 is 7.32. The van der Waals surface area contributed by atoms with Crippen LogP contribution in [-0.4, -0.2) is 33.6 Å². The molecule has 3 aromatic carbocycles. The van der Waals surface area contributed by atoms with Gasteiger partial charge in [0.05, 0.1) is 18.0 Å². The first-order valence-electron chi connectivity index (χ1n) is 13.8. The lowest BCUT2D eigenvalue weighted by Gasteiger charge is -2.13. The number of aryl methyl sites for hydroxylation is 3. The standard InChI is InChI=1S/C33H30ClN3O5S/c1-20-30(43-33(36-20)24-8-12-26(34)13-9-24)31(40)35-19-25-18-27(14-10-22(25)11-15-29(38)39)41-17-16-28-21(2)42-32(37-28)23-6-4-3-5-7-23/h3-10,12-14,18H,11,15-17,19H2,1-2H3,(H,35,40)(H,38,39). The van der Waals surface area contributed by atoms with Crippen molar-refractivity contribution < 1.29 is 23.8 Å². The SMILES string of the molecule is Cc1nc(-c2ccc(Cl)cc2)sc1C(=O)NCc1cc(OCCc2nc(-c3ccccc3)oc2C)ccc1CCC(=O)O. The Morgan fingerprint density at radius 2 is 1.72 bits per heavy atom. The van der Waals surface area contributed by atoms with Crippen molar-refractivity contribution in [1.29, 1.82) is 0 Å². The number of hydrogen-bond acceptors (Lipinski definition) is 7.